The van der Waals surface area contributed by atoms with E-state index in [-0.39, 0.29) is 28.6 Å². The monoisotopic (exact) mass is 514 g/mol. The van der Waals surface area contributed by atoms with Gasteiger partial charge in [0.2, 0.25) is 5.91 Å². The number of hydrogen-bond donors (Lipinski definition) is 1. The van der Waals surface area contributed by atoms with Crippen molar-refractivity contribution in [2.75, 3.05) is 21.2 Å². The van der Waals surface area contributed by atoms with E-state index in [9.17, 15) is 9.59 Å². The van der Waals surface area contributed by atoms with Gasteiger partial charge in [-0.25, -0.2) is 0 Å². The Hall–Kier alpha value is -3.60. The van der Waals surface area contributed by atoms with Crippen LogP contribution in [0.1, 0.15) is 80.1 Å². The number of likely N-dealkylation sites (N-methyl/N-ethyl adjacent to an activating group) is 1. The molecule has 3 aromatic rings. The molecule has 1 N–H and O–H groups in total. The van der Waals surface area contributed by atoms with Gasteiger partial charge >= 0.3 is 0 Å². The van der Waals surface area contributed by atoms with Crippen molar-refractivity contribution in [1.82, 2.24) is 10.2 Å². The van der Waals surface area contributed by atoms with Gasteiger partial charge in [0.15, 0.2) is 0 Å². The van der Waals surface area contributed by atoms with Crippen molar-refractivity contribution in [3.63, 3.8) is 0 Å². The Morgan fingerprint density at radius 3 is 1.53 bits per heavy atom. The van der Waals surface area contributed by atoms with Crippen LogP contribution in [-0.2, 0) is 15.6 Å². The third-order valence-corrected chi connectivity index (χ3v) is 6.82. The normalized spacial score (nSPS) is 12.7. The van der Waals surface area contributed by atoms with Gasteiger partial charge < -0.3 is 15.0 Å². The number of methoxy groups -OCH3 is 1. The number of amides is 2. The average molecular weight is 515 g/mol. The first kappa shape index (κ1) is 29.0. The summed E-state index contributed by atoms with van der Waals surface area (Å²) in [6.07, 6.45) is 0. The Bertz CT molecular complexity index is 1180. The van der Waals surface area contributed by atoms with E-state index < -0.39 is 6.04 Å². The van der Waals surface area contributed by atoms with Gasteiger partial charge in [-0.2, -0.15) is 0 Å². The molecule has 2 amide bonds. The van der Waals surface area contributed by atoms with Crippen LogP contribution in [0.5, 0.6) is 5.75 Å². The summed E-state index contributed by atoms with van der Waals surface area (Å²) in [6.45, 7) is 12.7. The average Bonchev–Trinajstić information content (AvgIpc) is 2.87. The van der Waals surface area contributed by atoms with Gasteiger partial charge in [0.05, 0.1) is 7.11 Å². The summed E-state index contributed by atoms with van der Waals surface area (Å²) in [5, 5.41) is 3.14. The Balaban J connectivity index is 2.17. The quantitative estimate of drug-likeness (QED) is 0.402. The maximum absolute atomic E-state index is 14.0. The van der Waals surface area contributed by atoms with Gasteiger partial charge in [0, 0.05) is 36.7 Å². The maximum Gasteiger partial charge on any atom is 0.251 e. The van der Waals surface area contributed by atoms with Crippen LogP contribution in [0.3, 0.4) is 0 Å². The van der Waals surface area contributed by atoms with Gasteiger partial charge in [-0.15, -0.1) is 0 Å². The number of ether oxygens (including phenoxy) is 1. The van der Waals surface area contributed by atoms with Crippen LogP contribution in [-0.4, -0.2) is 44.0 Å². The second-order valence-electron chi connectivity index (χ2n) is 12.1. The highest BCUT2D eigenvalue weighted by atomic mass is 16.5. The summed E-state index contributed by atoms with van der Waals surface area (Å²) >= 11 is 0. The zero-order valence-corrected chi connectivity index (χ0v) is 24.3. The highest BCUT2D eigenvalue weighted by molar-refractivity contribution is 5.98. The van der Waals surface area contributed by atoms with Crippen molar-refractivity contribution in [3.05, 3.63) is 101 Å². The molecule has 3 aromatic carbocycles. The summed E-state index contributed by atoms with van der Waals surface area (Å²) in [5.41, 5.74) is 3.83. The van der Waals surface area contributed by atoms with E-state index >= 15 is 0 Å². The maximum atomic E-state index is 14.0. The fourth-order valence-electron chi connectivity index (χ4n) is 4.78. The minimum absolute atomic E-state index is 0.170. The molecule has 0 saturated carbocycles. The van der Waals surface area contributed by atoms with Crippen LogP contribution in [0.2, 0.25) is 0 Å². The fourth-order valence-corrected chi connectivity index (χ4v) is 4.78. The molecule has 0 aliphatic carbocycles. The van der Waals surface area contributed by atoms with Gasteiger partial charge in [-0.1, -0.05) is 102 Å². The molecule has 0 aromatic heterocycles. The van der Waals surface area contributed by atoms with E-state index in [0.29, 0.717) is 5.56 Å². The minimum atomic E-state index is -0.805. The highest BCUT2D eigenvalue weighted by Crippen LogP contribution is 2.40. The van der Waals surface area contributed by atoms with Gasteiger partial charge in [0.25, 0.3) is 5.91 Å². The van der Waals surface area contributed by atoms with E-state index in [1.807, 2.05) is 72.8 Å². The molecule has 0 fully saturated rings. The molecule has 5 nitrogen and oxygen atoms in total. The third-order valence-electron chi connectivity index (χ3n) is 6.82. The summed E-state index contributed by atoms with van der Waals surface area (Å²) < 4.78 is 5.88. The van der Waals surface area contributed by atoms with E-state index in [0.717, 1.165) is 28.0 Å². The van der Waals surface area contributed by atoms with Crippen molar-refractivity contribution in [2.24, 2.45) is 0 Å². The molecule has 0 saturated heterocycles. The first-order chi connectivity index (χ1) is 17.8. The van der Waals surface area contributed by atoms with Gasteiger partial charge in [-0.05, 0) is 34.1 Å². The molecule has 38 heavy (non-hydrogen) atoms. The first-order valence-electron chi connectivity index (χ1n) is 13.1. The Kier molecular flexibility index (Phi) is 8.71. The molecule has 0 bridgehead atoms. The second kappa shape index (κ2) is 11.4. The minimum Gasteiger partial charge on any atom is -0.496 e. The number of carbonyl (C=O) groups is 2. The lowest BCUT2D eigenvalue weighted by Crippen LogP contribution is -2.50. The van der Waals surface area contributed by atoms with Gasteiger partial charge in [0.1, 0.15) is 11.8 Å². The predicted molar refractivity (Wildman–Crippen MR) is 155 cm³/mol. The fraction of sp³-hybridized carbons (Fsp3) is 0.394. The van der Waals surface area contributed by atoms with E-state index in [1.54, 1.807) is 26.1 Å². The van der Waals surface area contributed by atoms with Crippen molar-refractivity contribution in [1.29, 1.82) is 0 Å². The van der Waals surface area contributed by atoms with Crippen molar-refractivity contribution in [2.45, 2.75) is 64.3 Å². The topological polar surface area (TPSA) is 58.6 Å². The molecular formula is C33H42N2O3. The summed E-state index contributed by atoms with van der Waals surface area (Å²) in [5.74, 6) is -0.0232. The standard InChI is InChI=1S/C33H42N2O3/c1-32(2,3)25-20-24(21-26(29(25)38-9)33(4,5)6)30(36)34-28(31(37)35(7)8)27(22-16-12-10-13-17-22)23-18-14-11-15-19-23/h10-21,27-28H,1-9H3,(H,34,36). The molecule has 1 unspecified atom stereocenters. The molecular weight excluding hydrogens is 472 g/mol. The molecule has 202 valence electrons. The van der Waals surface area contributed by atoms with E-state index in [4.69, 9.17) is 4.74 Å². The summed E-state index contributed by atoms with van der Waals surface area (Å²) in [4.78, 5) is 29.2. The number of benzene rings is 3. The number of carbonyl (C=O) groups excluding carboxylic acids is 2. The van der Waals surface area contributed by atoms with Crippen molar-refractivity contribution >= 4 is 11.8 Å². The van der Waals surface area contributed by atoms with Crippen LogP contribution in [0.15, 0.2) is 72.8 Å². The van der Waals surface area contributed by atoms with Crippen LogP contribution in [0, 0.1) is 0 Å². The predicted octanol–water partition coefficient (Wildman–Crippen LogP) is 6.31. The molecule has 0 aliphatic rings. The second-order valence-corrected chi connectivity index (χ2v) is 12.1. The van der Waals surface area contributed by atoms with Gasteiger partial charge in [-0.3, -0.25) is 9.59 Å². The lowest BCUT2D eigenvalue weighted by Gasteiger charge is -2.32. The van der Waals surface area contributed by atoms with Crippen LogP contribution >= 0.6 is 0 Å². The summed E-state index contributed by atoms with van der Waals surface area (Å²) in [7, 11) is 5.12. The smallest absolute Gasteiger partial charge is 0.251 e. The molecule has 0 spiro atoms. The molecule has 5 heteroatoms. The lowest BCUT2D eigenvalue weighted by molar-refractivity contribution is -0.131. The van der Waals surface area contributed by atoms with Crippen LogP contribution < -0.4 is 10.1 Å². The van der Waals surface area contributed by atoms with E-state index in [2.05, 4.69) is 46.9 Å². The molecule has 1 atom stereocenters. The number of nitrogens with zero attached hydrogens (tertiary/aromatic N) is 1. The van der Waals surface area contributed by atoms with E-state index in [1.165, 1.54) is 0 Å². The third kappa shape index (κ3) is 6.45. The zero-order valence-electron chi connectivity index (χ0n) is 24.3. The first-order valence-corrected chi connectivity index (χ1v) is 13.1. The lowest BCUT2D eigenvalue weighted by atomic mass is 9.78. The Labute approximate surface area is 228 Å². The summed E-state index contributed by atoms with van der Waals surface area (Å²) in [6, 6.07) is 22.7. The Morgan fingerprint density at radius 2 is 1.18 bits per heavy atom. The molecule has 0 heterocycles. The number of nitrogens with one attached hydrogen (secondary N) is 1. The number of hydrogen-bond acceptors (Lipinski definition) is 3. The molecule has 3 rings (SSSR count). The molecule has 0 radical (unpaired) electrons. The SMILES string of the molecule is COc1c(C(C)(C)C)cc(C(=O)NC(C(=O)N(C)C)C(c2ccccc2)c2ccccc2)cc1C(C)(C)C. The number of rotatable bonds is 7. The Morgan fingerprint density at radius 1 is 0.763 bits per heavy atom. The highest BCUT2D eigenvalue weighted by Gasteiger charge is 2.35. The zero-order chi connectivity index (χ0) is 28.3. The molecule has 0 aliphatic heterocycles. The van der Waals surface area contributed by atoms with Crippen LogP contribution in [0.4, 0.5) is 0 Å². The largest absolute Gasteiger partial charge is 0.496 e. The van der Waals surface area contributed by atoms with Crippen molar-refractivity contribution in [3.8, 4) is 5.75 Å². The van der Waals surface area contributed by atoms with Crippen molar-refractivity contribution < 1.29 is 14.3 Å². The van der Waals surface area contributed by atoms with Crippen LogP contribution in [0.25, 0.3) is 0 Å².